The van der Waals surface area contributed by atoms with Crippen LogP contribution in [0, 0.1) is 11.8 Å². The summed E-state index contributed by atoms with van der Waals surface area (Å²) in [6.07, 6.45) is -0.180. The van der Waals surface area contributed by atoms with Crippen LogP contribution in [-0.4, -0.2) is 42.8 Å². The maximum atomic E-state index is 14.4. The summed E-state index contributed by atoms with van der Waals surface area (Å²) in [5.74, 6) is -1.41. The predicted molar refractivity (Wildman–Crippen MR) is 87.0 cm³/mol. The standard InChI is InChI=1S/C18H24FNO4/c1-18(2,19)15-9-14(16(21)23-3)10-20(11-15)17(22)24-12-13-7-5-4-6-8-13/h4-8,14-15H,9-12H2,1-3H3. The van der Waals surface area contributed by atoms with Gasteiger partial charge in [-0.2, -0.15) is 0 Å². The number of methoxy groups -OCH3 is 1. The molecule has 1 saturated heterocycles. The number of piperidine rings is 1. The summed E-state index contributed by atoms with van der Waals surface area (Å²) in [4.78, 5) is 25.6. The molecule has 1 fully saturated rings. The summed E-state index contributed by atoms with van der Waals surface area (Å²) in [5, 5.41) is 0. The maximum Gasteiger partial charge on any atom is 0.410 e. The fourth-order valence-electron chi connectivity index (χ4n) is 2.89. The molecule has 5 nitrogen and oxygen atoms in total. The molecule has 0 bridgehead atoms. The van der Waals surface area contributed by atoms with Crippen LogP contribution in [0.15, 0.2) is 30.3 Å². The summed E-state index contributed by atoms with van der Waals surface area (Å²) in [6, 6.07) is 9.31. The van der Waals surface area contributed by atoms with Crippen LogP contribution in [0.3, 0.4) is 0 Å². The predicted octanol–water partition coefficient (Wildman–Crippen LogP) is 3.18. The van der Waals surface area contributed by atoms with E-state index in [0.717, 1.165) is 5.56 Å². The van der Waals surface area contributed by atoms with Crippen LogP contribution in [0.25, 0.3) is 0 Å². The van der Waals surface area contributed by atoms with Crippen molar-refractivity contribution in [1.29, 1.82) is 0 Å². The van der Waals surface area contributed by atoms with Crippen molar-refractivity contribution in [2.75, 3.05) is 20.2 Å². The first-order chi connectivity index (χ1) is 11.3. The highest BCUT2D eigenvalue weighted by Crippen LogP contribution is 2.33. The molecule has 1 aliphatic rings. The Bertz CT molecular complexity index is 570. The molecule has 0 aliphatic carbocycles. The number of rotatable bonds is 4. The molecule has 1 heterocycles. The maximum absolute atomic E-state index is 14.4. The third kappa shape index (κ3) is 4.69. The third-order valence-corrected chi connectivity index (χ3v) is 4.42. The van der Waals surface area contributed by atoms with Crippen molar-refractivity contribution >= 4 is 12.1 Å². The van der Waals surface area contributed by atoms with E-state index in [1.807, 2.05) is 30.3 Å². The number of ether oxygens (including phenoxy) is 2. The van der Waals surface area contributed by atoms with Gasteiger partial charge >= 0.3 is 12.1 Å². The van der Waals surface area contributed by atoms with Gasteiger partial charge in [-0.15, -0.1) is 0 Å². The molecule has 1 amide bonds. The second-order valence-electron chi connectivity index (χ2n) is 6.66. The monoisotopic (exact) mass is 337 g/mol. The number of alkyl halides is 1. The Morgan fingerprint density at radius 2 is 1.92 bits per heavy atom. The molecule has 0 N–H and O–H groups in total. The van der Waals surface area contributed by atoms with Crippen LogP contribution >= 0.6 is 0 Å². The van der Waals surface area contributed by atoms with Gasteiger partial charge in [-0.1, -0.05) is 30.3 Å². The Balaban J connectivity index is 2.03. The van der Waals surface area contributed by atoms with Crippen molar-refractivity contribution in [2.24, 2.45) is 11.8 Å². The van der Waals surface area contributed by atoms with E-state index in [1.165, 1.54) is 25.9 Å². The molecule has 0 aromatic heterocycles. The van der Waals surface area contributed by atoms with E-state index < -0.39 is 29.6 Å². The van der Waals surface area contributed by atoms with Crippen LogP contribution < -0.4 is 0 Å². The van der Waals surface area contributed by atoms with Gasteiger partial charge in [0.15, 0.2) is 0 Å². The van der Waals surface area contributed by atoms with Crippen molar-refractivity contribution in [3.63, 3.8) is 0 Å². The largest absolute Gasteiger partial charge is 0.469 e. The minimum Gasteiger partial charge on any atom is -0.469 e. The number of carbonyl (C=O) groups excluding carboxylic acids is 2. The zero-order chi connectivity index (χ0) is 17.7. The number of esters is 1. The van der Waals surface area contributed by atoms with Crippen LogP contribution in [0.1, 0.15) is 25.8 Å². The molecular weight excluding hydrogens is 313 g/mol. The Labute approximate surface area is 141 Å². The van der Waals surface area contributed by atoms with E-state index in [0.29, 0.717) is 6.42 Å². The molecule has 0 spiro atoms. The molecule has 0 radical (unpaired) electrons. The number of halogens is 1. The van der Waals surface area contributed by atoms with Gasteiger partial charge in [0.05, 0.1) is 13.0 Å². The summed E-state index contributed by atoms with van der Waals surface area (Å²) in [6.45, 7) is 3.48. The molecule has 1 aromatic rings. The average molecular weight is 337 g/mol. The van der Waals surface area contributed by atoms with Gasteiger partial charge in [-0.25, -0.2) is 9.18 Å². The summed E-state index contributed by atoms with van der Waals surface area (Å²) in [5.41, 5.74) is -0.625. The second kappa shape index (κ2) is 7.64. The van der Waals surface area contributed by atoms with Gasteiger partial charge in [-0.05, 0) is 25.8 Å². The van der Waals surface area contributed by atoms with Crippen LogP contribution in [0.5, 0.6) is 0 Å². The lowest BCUT2D eigenvalue weighted by Gasteiger charge is -2.39. The van der Waals surface area contributed by atoms with Crippen LogP contribution in [-0.2, 0) is 20.9 Å². The van der Waals surface area contributed by atoms with Gasteiger partial charge in [0.25, 0.3) is 0 Å². The molecular formula is C18H24FNO4. The number of amides is 1. The lowest BCUT2D eigenvalue weighted by atomic mass is 9.81. The zero-order valence-corrected chi connectivity index (χ0v) is 14.3. The van der Waals surface area contributed by atoms with Crippen molar-refractivity contribution in [3.8, 4) is 0 Å². The Morgan fingerprint density at radius 1 is 1.25 bits per heavy atom. The lowest BCUT2D eigenvalue weighted by molar-refractivity contribution is -0.148. The molecule has 0 saturated carbocycles. The summed E-state index contributed by atoms with van der Waals surface area (Å²) < 4.78 is 24.4. The van der Waals surface area contributed by atoms with Crippen molar-refractivity contribution < 1.29 is 23.5 Å². The SMILES string of the molecule is COC(=O)C1CC(C(C)(C)F)CN(C(=O)OCc2ccccc2)C1. The first-order valence-electron chi connectivity index (χ1n) is 8.03. The highest BCUT2D eigenvalue weighted by Gasteiger charge is 2.41. The zero-order valence-electron chi connectivity index (χ0n) is 14.3. The summed E-state index contributed by atoms with van der Waals surface area (Å²) >= 11 is 0. The minimum absolute atomic E-state index is 0.142. The van der Waals surface area contributed by atoms with Gasteiger partial charge in [0.1, 0.15) is 12.3 Å². The van der Waals surface area contributed by atoms with E-state index in [9.17, 15) is 14.0 Å². The van der Waals surface area contributed by atoms with Gasteiger partial charge in [0.2, 0.25) is 0 Å². The fraction of sp³-hybridized carbons (Fsp3) is 0.556. The van der Waals surface area contributed by atoms with E-state index in [4.69, 9.17) is 9.47 Å². The van der Waals surface area contributed by atoms with Crippen molar-refractivity contribution in [2.45, 2.75) is 32.5 Å². The number of hydrogen-bond donors (Lipinski definition) is 0. The highest BCUT2D eigenvalue weighted by molar-refractivity contribution is 5.74. The first kappa shape index (κ1) is 18.2. The normalized spacial score (nSPS) is 21.2. The van der Waals surface area contributed by atoms with Gasteiger partial charge in [0, 0.05) is 19.0 Å². The highest BCUT2D eigenvalue weighted by atomic mass is 19.1. The number of hydrogen-bond acceptors (Lipinski definition) is 4. The van der Waals surface area contributed by atoms with Crippen LogP contribution in [0.4, 0.5) is 9.18 Å². The van der Waals surface area contributed by atoms with E-state index in [2.05, 4.69) is 0 Å². The Morgan fingerprint density at radius 3 is 2.50 bits per heavy atom. The summed E-state index contributed by atoms with van der Waals surface area (Å²) in [7, 11) is 1.30. The minimum atomic E-state index is -1.50. The van der Waals surface area contributed by atoms with Crippen LogP contribution in [0.2, 0.25) is 0 Å². The molecule has 6 heteroatoms. The number of benzene rings is 1. The van der Waals surface area contributed by atoms with Crippen molar-refractivity contribution in [3.05, 3.63) is 35.9 Å². The average Bonchev–Trinajstić information content (AvgIpc) is 2.58. The smallest absolute Gasteiger partial charge is 0.410 e. The molecule has 132 valence electrons. The quantitative estimate of drug-likeness (QED) is 0.792. The Hall–Kier alpha value is -2.11. The number of likely N-dealkylation sites (tertiary alicyclic amines) is 1. The van der Waals surface area contributed by atoms with E-state index in [-0.39, 0.29) is 19.7 Å². The molecule has 2 unspecified atom stereocenters. The topological polar surface area (TPSA) is 55.8 Å². The molecule has 1 aromatic carbocycles. The number of nitrogens with zero attached hydrogens (tertiary/aromatic N) is 1. The van der Waals surface area contributed by atoms with E-state index in [1.54, 1.807) is 0 Å². The fourth-order valence-corrected chi connectivity index (χ4v) is 2.89. The van der Waals surface area contributed by atoms with Gasteiger partial charge in [-0.3, -0.25) is 4.79 Å². The van der Waals surface area contributed by atoms with E-state index >= 15 is 0 Å². The molecule has 2 rings (SSSR count). The second-order valence-corrected chi connectivity index (χ2v) is 6.66. The molecule has 24 heavy (non-hydrogen) atoms. The Kier molecular flexibility index (Phi) is 5.80. The lowest BCUT2D eigenvalue weighted by Crippen LogP contribution is -2.50. The number of carbonyl (C=O) groups is 2. The third-order valence-electron chi connectivity index (χ3n) is 4.42. The van der Waals surface area contributed by atoms with Gasteiger partial charge < -0.3 is 14.4 Å². The first-order valence-corrected chi connectivity index (χ1v) is 8.03. The van der Waals surface area contributed by atoms with Crippen molar-refractivity contribution in [1.82, 2.24) is 4.90 Å². The molecule has 1 aliphatic heterocycles. The molecule has 2 atom stereocenters.